The van der Waals surface area contributed by atoms with Gasteiger partial charge in [-0.25, -0.2) is 4.79 Å². The van der Waals surface area contributed by atoms with Gasteiger partial charge < -0.3 is 25.2 Å². The van der Waals surface area contributed by atoms with E-state index in [9.17, 15) is 14.4 Å². The number of nitrogens with zero attached hydrogens (tertiary/aromatic N) is 2. The van der Waals surface area contributed by atoms with E-state index in [4.69, 9.17) is 27.9 Å². The van der Waals surface area contributed by atoms with Gasteiger partial charge in [0.15, 0.2) is 0 Å². The number of carbonyl (C=O) groups excluding carboxylic acids is 3. The second-order valence-corrected chi connectivity index (χ2v) is 12.7. The largest absolute Gasteiger partial charge is 0.444 e. The third-order valence-electron chi connectivity index (χ3n) is 6.88. The molecule has 40 heavy (non-hydrogen) atoms. The molecule has 0 radical (unpaired) electrons. The molecule has 2 aromatic carbocycles. The molecule has 2 atom stereocenters. The zero-order valence-electron chi connectivity index (χ0n) is 23.7. The van der Waals surface area contributed by atoms with E-state index in [-0.39, 0.29) is 18.4 Å². The Labute approximate surface area is 246 Å². The van der Waals surface area contributed by atoms with Gasteiger partial charge in [0.25, 0.3) is 5.91 Å². The maximum Gasteiger partial charge on any atom is 0.408 e. The van der Waals surface area contributed by atoms with Gasteiger partial charge in [0, 0.05) is 35.6 Å². The van der Waals surface area contributed by atoms with Crippen LogP contribution in [0.4, 0.5) is 16.2 Å². The van der Waals surface area contributed by atoms with Crippen LogP contribution in [0.25, 0.3) is 0 Å². The van der Waals surface area contributed by atoms with Crippen molar-refractivity contribution < 1.29 is 19.1 Å². The molecule has 10 heteroatoms. The maximum atomic E-state index is 14.0. The lowest BCUT2D eigenvalue weighted by Gasteiger charge is -2.30. The summed E-state index contributed by atoms with van der Waals surface area (Å²) >= 11 is 12.5. The van der Waals surface area contributed by atoms with Crippen LogP contribution in [0.1, 0.15) is 53.0 Å². The second kappa shape index (κ2) is 12.3. The molecule has 0 bridgehead atoms. The zero-order valence-corrected chi connectivity index (χ0v) is 25.2. The smallest absolute Gasteiger partial charge is 0.408 e. The summed E-state index contributed by atoms with van der Waals surface area (Å²) in [5.41, 5.74) is 1.68. The van der Waals surface area contributed by atoms with Crippen LogP contribution in [0.3, 0.4) is 0 Å². The minimum Gasteiger partial charge on any atom is -0.444 e. The Balaban J connectivity index is 1.62. The van der Waals surface area contributed by atoms with Gasteiger partial charge in [0.2, 0.25) is 5.91 Å². The molecule has 3 amide bonds. The van der Waals surface area contributed by atoms with Crippen molar-refractivity contribution in [1.29, 1.82) is 0 Å². The Morgan fingerprint density at radius 2 is 1.75 bits per heavy atom. The van der Waals surface area contributed by atoms with Gasteiger partial charge in [0.1, 0.15) is 17.7 Å². The van der Waals surface area contributed by atoms with Crippen LogP contribution in [0.15, 0.2) is 42.5 Å². The predicted molar refractivity (Wildman–Crippen MR) is 159 cm³/mol. The fourth-order valence-electron chi connectivity index (χ4n) is 4.88. The Kier molecular flexibility index (Phi) is 9.20. The number of ether oxygens (including phenoxy) is 1. The topological polar surface area (TPSA) is 91.0 Å². The molecule has 2 aliphatic rings. The summed E-state index contributed by atoms with van der Waals surface area (Å²) in [5.74, 6) is -0.135. The van der Waals surface area contributed by atoms with Gasteiger partial charge in [-0.05, 0) is 83.2 Å². The number of anilines is 2. The number of rotatable bonds is 8. The lowest BCUT2D eigenvalue weighted by atomic mass is 10.0. The second-order valence-electron chi connectivity index (χ2n) is 11.8. The number of amides is 3. The van der Waals surface area contributed by atoms with E-state index in [1.54, 1.807) is 43.9 Å². The lowest BCUT2D eigenvalue weighted by molar-refractivity contribution is -0.128. The van der Waals surface area contributed by atoms with E-state index in [0.717, 1.165) is 30.8 Å². The zero-order chi connectivity index (χ0) is 29.2. The van der Waals surface area contributed by atoms with Crippen LogP contribution in [-0.2, 0) is 20.7 Å². The predicted octanol–water partition coefficient (Wildman–Crippen LogP) is 5.59. The molecule has 0 saturated heterocycles. The summed E-state index contributed by atoms with van der Waals surface area (Å²) in [5, 5.41) is 6.48. The van der Waals surface area contributed by atoms with Crippen LogP contribution in [0.5, 0.6) is 0 Å². The molecule has 1 unspecified atom stereocenters. The van der Waals surface area contributed by atoms with Crippen LogP contribution in [0.2, 0.25) is 10.0 Å². The van der Waals surface area contributed by atoms with Gasteiger partial charge in [0.05, 0.1) is 11.4 Å². The molecule has 216 valence electrons. The molecule has 1 heterocycles. The molecule has 1 saturated carbocycles. The molecule has 2 aromatic rings. The summed E-state index contributed by atoms with van der Waals surface area (Å²) < 4.78 is 5.43. The average molecular weight is 590 g/mol. The highest BCUT2D eigenvalue weighted by Gasteiger charge is 2.38. The van der Waals surface area contributed by atoms with Crippen molar-refractivity contribution in [3.63, 3.8) is 0 Å². The summed E-state index contributed by atoms with van der Waals surface area (Å²) in [6.45, 7) is 10.3. The van der Waals surface area contributed by atoms with Crippen molar-refractivity contribution >= 4 is 52.5 Å². The first-order valence-corrected chi connectivity index (χ1v) is 14.5. The fraction of sp³-hybridized carbons (Fsp3) is 0.500. The van der Waals surface area contributed by atoms with Crippen LogP contribution in [-0.4, -0.2) is 54.7 Å². The highest BCUT2D eigenvalue weighted by atomic mass is 35.5. The van der Waals surface area contributed by atoms with Crippen LogP contribution >= 0.6 is 23.2 Å². The maximum absolute atomic E-state index is 14.0. The van der Waals surface area contributed by atoms with E-state index in [1.807, 2.05) is 38.1 Å². The van der Waals surface area contributed by atoms with Gasteiger partial charge in [-0.3, -0.25) is 9.59 Å². The number of halogens is 2. The molecule has 1 aliphatic heterocycles. The van der Waals surface area contributed by atoms with E-state index in [0.29, 0.717) is 28.1 Å². The average Bonchev–Trinajstić information content (AvgIpc) is 3.68. The summed E-state index contributed by atoms with van der Waals surface area (Å²) in [7, 11) is 0. The Hall–Kier alpha value is -2.97. The standard InChI is InChI=1S/C30H38Cl2N4O4/c1-18(2)36-26-9-7-6-8-25(26)35(16-19-10-11-19)17-24(28(36)38)33-27(37)23(34-29(39)40-30(3,4)5)14-20-12-13-21(31)15-22(20)32/h6-9,12-13,15,18-19,23-24H,10-11,14,16-17H2,1-5H3,(H,33,37)(H,34,39)/t23?,24-/m1/s1. The van der Waals surface area contributed by atoms with Gasteiger partial charge in [-0.1, -0.05) is 41.4 Å². The minimum absolute atomic E-state index is 0.0852. The number of benzene rings is 2. The molecule has 8 nitrogen and oxygen atoms in total. The molecule has 2 N–H and O–H groups in total. The SMILES string of the molecule is CC(C)N1C(=O)[C@H](NC(=O)C(Cc2ccc(Cl)cc2Cl)NC(=O)OC(C)(C)C)CN(CC2CC2)c2ccccc21. The van der Waals surface area contributed by atoms with E-state index >= 15 is 0 Å². The molecule has 1 fully saturated rings. The van der Waals surface area contributed by atoms with Crippen molar-refractivity contribution in [3.8, 4) is 0 Å². The molecule has 0 aromatic heterocycles. The molecular weight excluding hydrogens is 551 g/mol. The lowest BCUT2D eigenvalue weighted by Crippen LogP contribution is -2.58. The van der Waals surface area contributed by atoms with E-state index in [2.05, 4.69) is 15.5 Å². The number of alkyl carbamates (subject to hydrolysis) is 1. The number of nitrogens with one attached hydrogen (secondary N) is 2. The molecular formula is C30H38Cl2N4O4. The fourth-order valence-corrected chi connectivity index (χ4v) is 5.37. The van der Waals surface area contributed by atoms with Gasteiger partial charge in [-0.2, -0.15) is 0 Å². The van der Waals surface area contributed by atoms with Crippen LogP contribution < -0.4 is 20.4 Å². The Morgan fingerprint density at radius 3 is 2.35 bits per heavy atom. The normalized spacial score (nSPS) is 18.2. The van der Waals surface area contributed by atoms with Crippen LogP contribution in [0, 0.1) is 5.92 Å². The first-order chi connectivity index (χ1) is 18.8. The molecule has 4 rings (SSSR count). The quantitative estimate of drug-likeness (QED) is 0.419. The van der Waals surface area contributed by atoms with E-state index in [1.165, 1.54) is 0 Å². The summed E-state index contributed by atoms with van der Waals surface area (Å²) in [6.07, 6.45) is 1.65. The number of para-hydroxylation sites is 2. The third-order valence-corrected chi connectivity index (χ3v) is 7.46. The number of fused-ring (bicyclic) bond motifs is 1. The Morgan fingerprint density at radius 1 is 1.07 bits per heavy atom. The van der Waals surface area contributed by atoms with Crippen molar-refractivity contribution in [2.75, 3.05) is 22.9 Å². The number of hydrogen-bond donors (Lipinski definition) is 2. The van der Waals surface area contributed by atoms with Crippen molar-refractivity contribution in [2.24, 2.45) is 5.92 Å². The first-order valence-electron chi connectivity index (χ1n) is 13.7. The first kappa shape index (κ1) is 30.0. The minimum atomic E-state index is -1.05. The summed E-state index contributed by atoms with van der Waals surface area (Å²) in [6, 6.07) is 10.8. The summed E-state index contributed by atoms with van der Waals surface area (Å²) in [4.78, 5) is 44.4. The highest BCUT2D eigenvalue weighted by Crippen LogP contribution is 2.38. The van der Waals surface area contributed by atoms with Crippen molar-refractivity contribution in [2.45, 2.75) is 77.6 Å². The Bertz CT molecular complexity index is 1260. The molecule has 1 aliphatic carbocycles. The number of hydrogen-bond acceptors (Lipinski definition) is 5. The van der Waals surface area contributed by atoms with E-state index < -0.39 is 29.7 Å². The van der Waals surface area contributed by atoms with Crippen molar-refractivity contribution in [3.05, 3.63) is 58.1 Å². The monoisotopic (exact) mass is 588 g/mol. The molecule has 0 spiro atoms. The number of carbonyl (C=O) groups is 3. The van der Waals surface area contributed by atoms with Gasteiger partial charge >= 0.3 is 6.09 Å². The third kappa shape index (κ3) is 7.61. The highest BCUT2D eigenvalue weighted by molar-refractivity contribution is 6.35. The van der Waals surface area contributed by atoms with Crippen molar-refractivity contribution in [1.82, 2.24) is 10.6 Å². The van der Waals surface area contributed by atoms with Gasteiger partial charge in [-0.15, -0.1) is 0 Å².